The van der Waals surface area contributed by atoms with Crippen LogP contribution in [-0.4, -0.2) is 21.1 Å². The van der Waals surface area contributed by atoms with Crippen LogP contribution in [0.15, 0.2) is 33.8 Å². The first-order chi connectivity index (χ1) is 8.16. The van der Waals surface area contributed by atoms with Crippen molar-refractivity contribution in [3.63, 3.8) is 0 Å². The summed E-state index contributed by atoms with van der Waals surface area (Å²) in [5.41, 5.74) is 3.68. The van der Waals surface area contributed by atoms with E-state index >= 15 is 0 Å². The van der Waals surface area contributed by atoms with E-state index in [1.807, 2.05) is 24.3 Å². The molecule has 0 amide bonds. The number of rotatable bonds is 3. The van der Waals surface area contributed by atoms with E-state index in [-0.39, 0.29) is 0 Å². The number of nitrogens with two attached hydrogens (primary N) is 1. The van der Waals surface area contributed by atoms with Gasteiger partial charge in [-0.25, -0.2) is 10.1 Å². The van der Waals surface area contributed by atoms with Crippen LogP contribution in [0.1, 0.15) is 11.4 Å². The molecule has 1 heterocycles. The van der Waals surface area contributed by atoms with Gasteiger partial charge in [-0.3, -0.25) is 0 Å². The van der Waals surface area contributed by atoms with Gasteiger partial charge in [-0.05, 0) is 24.6 Å². The molecule has 0 aliphatic carbocycles. The van der Waals surface area contributed by atoms with E-state index in [1.54, 1.807) is 13.1 Å². The van der Waals surface area contributed by atoms with Crippen LogP contribution in [0, 0.1) is 6.92 Å². The number of anilines is 1. The lowest BCUT2D eigenvalue weighted by Gasteiger charge is -1.99. The monoisotopic (exact) mass is 294 g/mol. The fourth-order valence-electron chi connectivity index (χ4n) is 1.20. The summed E-state index contributed by atoms with van der Waals surface area (Å²) >= 11 is 3.39. The number of aromatic nitrogens is 3. The van der Waals surface area contributed by atoms with Gasteiger partial charge in [-0.15, -0.1) is 10.2 Å². The Labute approximate surface area is 107 Å². The standard InChI is InChI=1S/C10H11BrN6/c1-7-14-16-10(17(7)12)15-13-6-8-3-2-4-9(11)5-8/h2-6H,12H2,1H3,(H,15,16)/b13-6+. The van der Waals surface area contributed by atoms with Crippen LogP contribution in [0.5, 0.6) is 0 Å². The number of hydrogen-bond donors (Lipinski definition) is 2. The number of halogens is 1. The van der Waals surface area contributed by atoms with Crippen LogP contribution < -0.4 is 11.3 Å². The summed E-state index contributed by atoms with van der Waals surface area (Å²) in [7, 11) is 0. The van der Waals surface area contributed by atoms with Crippen LogP contribution >= 0.6 is 15.9 Å². The van der Waals surface area contributed by atoms with Gasteiger partial charge < -0.3 is 5.84 Å². The molecular weight excluding hydrogens is 284 g/mol. The van der Waals surface area contributed by atoms with Crippen LogP contribution in [0.4, 0.5) is 5.95 Å². The number of hydrogen-bond acceptors (Lipinski definition) is 5. The summed E-state index contributed by atoms with van der Waals surface area (Å²) in [4.78, 5) is 0. The van der Waals surface area contributed by atoms with Crippen molar-refractivity contribution >= 4 is 28.1 Å². The first-order valence-electron chi connectivity index (χ1n) is 4.88. The van der Waals surface area contributed by atoms with Gasteiger partial charge in [-0.2, -0.15) is 5.10 Å². The summed E-state index contributed by atoms with van der Waals surface area (Å²) in [6.07, 6.45) is 1.68. The molecule has 0 radical (unpaired) electrons. The van der Waals surface area contributed by atoms with Gasteiger partial charge in [-0.1, -0.05) is 28.1 Å². The van der Waals surface area contributed by atoms with E-state index in [0.29, 0.717) is 11.8 Å². The zero-order valence-corrected chi connectivity index (χ0v) is 10.7. The highest BCUT2D eigenvalue weighted by Crippen LogP contribution is 2.10. The Kier molecular flexibility index (Phi) is 3.38. The third-order valence-corrected chi connectivity index (χ3v) is 2.59. The maximum Gasteiger partial charge on any atom is 0.263 e. The van der Waals surface area contributed by atoms with Crippen LogP contribution in [-0.2, 0) is 0 Å². The van der Waals surface area contributed by atoms with Crippen LogP contribution in [0.2, 0.25) is 0 Å². The second-order valence-corrected chi connectivity index (χ2v) is 4.28. The van der Waals surface area contributed by atoms with E-state index in [0.717, 1.165) is 10.0 Å². The maximum absolute atomic E-state index is 5.65. The Bertz CT molecular complexity index is 547. The molecule has 2 rings (SSSR count). The average molecular weight is 295 g/mol. The molecule has 0 bridgehead atoms. The third kappa shape index (κ3) is 2.82. The smallest absolute Gasteiger partial charge is 0.263 e. The highest BCUT2D eigenvalue weighted by Gasteiger charge is 2.02. The topological polar surface area (TPSA) is 81.1 Å². The van der Waals surface area contributed by atoms with Gasteiger partial charge in [0.05, 0.1) is 6.21 Å². The van der Waals surface area contributed by atoms with Gasteiger partial charge in [0.2, 0.25) is 0 Å². The van der Waals surface area contributed by atoms with Crippen molar-refractivity contribution in [1.29, 1.82) is 0 Å². The third-order valence-electron chi connectivity index (χ3n) is 2.09. The highest BCUT2D eigenvalue weighted by atomic mass is 79.9. The van der Waals surface area contributed by atoms with Gasteiger partial charge in [0, 0.05) is 4.47 Å². The molecule has 0 saturated carbocycles. The molecule has 1 aromatic carbocycles. The predicted molar refractivity (Wildman–Crippen MR) is 70.3 cm³/mol. The van der Waals surface area contributed by atoms with Crippen molar-refractivity contribution < 1.29 is 0 Å². The second-order valence-electron chi connectivity index (χ2n) is 3.37. The van der Waals surface area contributed by atoms with E-state index < -0.39 is 0 Å². The fourth-order valence-corrected chi connectivity index (χ4v) is 1.61. The predicted octanol–water partition coefficient (Wildman–Crippen LogP) is 1.51. The molecule has 0 unspecified atom stereocenters. The number of nitrogens with one attached hydrogen (secondary N) is 1. The first-order valence-corrected chi connectivity index (χ1v) is 5.68. The Morgan fingerprint density at radius 3 is 2.94 bits per heavy atom. The van der Waals surface area contributed by atoms with Gasteiger partial charge in [0.25, 0.3) is 5.95 Å². The minimum atomic E-state index is 0.397. The van der Waals surface area contributed by atoms with Crippen LogP contribution in [0.25, 0.3) is 0 Å². The van der Waals surface area contributed by atoms with Gasteiger partial charge >= 0.3 is 0 Å². The number of benzene rings is 1. The SMILES string of the molecule is Cc1nnc(N/N=C/c2cccc(Br)c2)n1N. The van der Waals surface area contributed by atoms with E-state index in [2.05, 4.69) is 36.7 Å². The normalized spacial score (nSPS) is 10.9. The molecule has 1 aromatic heterocycles. The summed E-state index contributed by atoms with van der Waals surface area (Å²) in [6.45, 7) is 1.76. The average Bonchev–Trinajstić information content (AvgIpc) is 2.61. The molecule has 17 heavy (non-hydrogen) atoms. The number of aryl methyl sites for hydroxylation is 1. The number of nitrogen functional groups attached to an aromatic ring is 1. The maximum atomic E-state index is 5.65. The summed E-state index contributed by atoms with van der Waals surface area (Å²) in [6, 6.07) is 7.77. The molecular formula is C10H11BrN6. The molecule has 7 heteroatoms. The molecule has 0 saturated heterocycles. The van der Waals surface area contributed by atoms with Crippen molar-refractivity contribution in [1.82, 2.24) is 14.9 Å². The molecule has 0 fully saturated rings. The van der Waals surface area contributed by atoms with Crippen LogP contribution in [0.3, 0.4) is 0 Å². The Balaban J connectivity index is 2.05. The molecule has 0 aliphatic rings. The lowest BCUT2D eigenvalue weighted by Crippen LogP contribution is -2.13. The lowest BCUT2D eigenvalue weighted by atomic mass is 10.2. The molecule has 0 atom stereocenters. The van der Waals surface area contributed by atoms with Crippen molar-refractivity contribution in [3.05, 3.63) is 40.1 Å². The molecule has 0 spiro atoms. The zero-order chi connectivity index (χ0) is 12.3. The fraction of sp³-hybridized carbons (Fsp3) is 0.100. The summed E-state index contributed by atoms with van der Waals surface area (Å²) in [5.74, 6) is 6.67. The van der Waals surface area contributed by atoms with Crippen molar-refractivity contribution in [2.75, 3.05) is 11.3 Å². The zero-order valence-electron chi connectivity index (χ0n) is 9.13. The van der Waals surface area contributed by atoms with E-state index in [4.69, 9.17) is 5.84 Å². The Morgan fingerprint density at radius 1 is 1.47 bits per heavy atom. The van der Waals surface area contributed by atoms with E-state index in [1.165, 1.54) is 4.68 Å². The molecule has 6 nitrogen and oxygen atoms in total. The van der Waals surface area contributed by atoms with E-state index in [9.17, 15) is 0 Å². The number of hydrazone groups is 1. The minimum absolute atomic E-state index is 0.397. The molecule has 88 valence electrons. The molecule has 2 aromatic rings. The highest BCUT2D eigenvalue weighted by molar-refractivity contribution is 9.10. The molecule has 0 aliphatic heterocycles. The second kappa shape index (κ2) is 4.96. The summed E-state index contributed by atoms with van der Waals surface area (Å²) in [5, 5.41) is 11.6. The Hall–Kier alpha value is -1.89. The van der Waals surface area contributed by atoms with Gasteiger partial charge in [0.1, 0.15) is 0 Å². The van der Waals surface area contributed by atoms with Crippen molar-refractivity contribution in [2.45, 2.75) is 6.92 Å². The van der Waals surface area contributed by atoms with Crippen molar-refractivity contribution in [3.8, 4) is 0 Å². The largest absolute Gasteiger partial charge is 0.335 e. The van der Waals surface area contributed by atoms with Gasteiger partial charge in [0.15, 0.2) is 5.82 Å². The Morgan fingerprint density at radius 2 is 2.29 bits per heavy atom. The molecule has 3 N–H and O–H groups in total. The quantitative estimate of drug-likeness (QED) is 0.511. The summed E-state index contributed by atoms with van der Waals surface area (Å²) < 4.78 is 2.33. The first kappa shape index (κ1) is 11.6. The number of nitrogens with zero attached hydrogens (tertiary/aromatic N) is 4. The van der Waals surface area contributed by atoms with Crippen molar-refractivity contribution in [2.24, 2.45) is 5.10 Å². The minimum Gasteiger partial charge on any atom is -0.335 e. The lowest BCUT2D eigenvalue weighted by molar-refractivity contribution is 0.926.